The van der Waals surface area contributed by atoms with Crippen molar-refractivity contribution >= 4 is 11.6 Å². The zero-order valence-corrected chi connectivity index (χ0v) is 13.1. The lowest BCUT2D eigenvalue weighted by Crippen LogP contribution is -2.52. The van der Waals surface area contributed by atoms with Gasteiger partial charge >= 0.3 is 0 Å². The van der Waals surface area contributed by atoms with Crippen LogP contribution in [0.1, 0.15) is 50.1 Å². The molecule has 1 atom stereocenters. The predicted octanol–water partition coefficient (Wildman–Crippen LogP) is 4.13. The van der Waals surface area contributed by atoms with Crippen LogP contribution in [0.4, 0.5) is 4.39 Å². The predicted molar refractivity (Wildman–Crippen MR) is 82.5 cm³/mol. The van der Waals surface area contributed by atoms with Gasteiger partial charge in [-0.2, -0.15) is 0 Å². The highest BCUT2D eigenvalue weighted by Gasteiger charge is 2.40. The molecular formula is C16H24ClFN2. The minimum absolute atomic E-state index is 0.131. The summed E-state index contributed by atoms with van der Waals surface area (Å²) < 4.78 is 13.6. The molecule has 112 valence electrons. The highest BCUT2D eigenvalue weighted by molar-refractivity contribution is 6.31. The highest BCUT2D eigenvalue weighted by Crippen LogP contribution is 2.41. The van der Waals surface area contributed by atoms with Crippen molar-refractivity contribution < 1.29 is 4.39 Å². The Morgan fingerprint density at radius 2 is 1.80 bits per heavy atom. The van der Waals surface area contributed by atoms with E-state index in [2.05, 4.69) is 19.0 Å². The Bertz CT molecular complexity index is 454. The molecule has 1 unspecified atom stereocenters. The number of nitrogens with zero attached hydrogens (tertiary/aromatic N) is 1. The van der Waals surface area contributed by atoms with E-state index in [1.807, 2.05) is 0 Å². The van der Waals surface area contributed by atoms with Gasteiger partial charge in [-0.05, 0) is 50.7 Å². The number of nitrogens with two attached hydrogens (primary N) is 1. The number of hydrogen-bond acceptors (Lipinski definition) is 2. The molecule has 1 fully saturated rings. The maximum Gasteiger partial charge on any atom is 0.123 e. The monoisotopic (exact) mass is 298 g/mol. The van der Waals surface area contributed by atoms with Crippen LogP contribution >= 0.6 is 11.6 Å². The van der Waals surface area contributed by atoms with E-state index in [1.54, 1.807) is 6.07 Å². The van der Waals surface area contributed by atoms with Crippen molar-refractivity contribution in [1.29, 1.82) is 0 Å². The first-order valence-electron chi connectivity index (χ1n) is 7.35. The van der Waals surface area contributed by atoms with Crippen LogP contribution in [0.2, 0.25) is 5.02 Å². The topological polar surface area (TPSA) is 29.3 Å². The van der Waals surface area contributed by atoms with E-state index in [4.69, 9.17) is 17.3 Å². The third-order valence-corrected chi connectivity index (χ3v) is 5.08. The Morgan fingerprint density at radius 3 is 2.35 bits per heavy atom. The summed E-state index contributed by atoms with van der Waals surface area (Å²) in [7, 11) is 4.14. The van der Waals surface area contributed by atoms with Gasteiger partial charge in [0.1, 0.15) is 5.82 Å². The molecule has 1 aromatic rings. The number of hydrogen-bond donors (Lipinski definition) is 1. The fourth-order valence-electron chi connectivity index (χ4n) is 3.42. The maximum atomic E-state index is 13.6. The molecular weight excluding hydrogens is 275 g/mol. The van der Waals surface area contributed by atoms with E-state index in [1.165, 1.54) is 37.8 Å². The van der Waals surface area contributed by atoms with Crippen LogP contribution in [0.25, 0.3) is 0 Å². The molecule has 20 heavy (non-hydrogen) atoms. The summed E-state index contributed by atoms with van der Waals surface area (Å²) in [6, 6.07) is 4.21. The smallest absolute Gasteiger partial charge is 0.123 e. The van der Waals surface area contributed by atoms with Gasteiger partial charge in [0, 0.05) is 16.6 Å². The van der Waals surface area contributed by atoms with Crippen molar-refractivity contribution in [1.82, 2.24) is 4.90 Å². The van der Waals surface area contributed by atoms with Crippen molar-refractivity contribution in [3.05, 3.63) is 34.6 Å². The maximum absolute atomic E-state index is 13.6. The Labute approximate surface area is 126 Å². The molecule has 0 heterocycles. The van der Waals surface area contributed by atoms with Crippen molar-refractivity contribution in [2.45, 2.75) is 50.1 Å². The van der Waals surface area contributed by atoms with Gasteiger partial charge in [0.25, 0.3) is 0 Å². The number of rotatable bonds is 3. The zero-order valence-electron chi connectivity index (χ0n) is 12.3. The van der Waals surface area contributed by atoms with Crippen molar-refractivity contribution in [3.63, 3.8) is 0 Å². The molecule has 2 N–H and O–H groups in total. The van der Waals surface area contributed by atoms with Gasteiger partial charge < -0.3 is 10.6 Å². The average Bonchev–Trinajstić information content (AvgIpc) is 2.67. The van der Waals surface area contributed by atoms with Crippen LogP contribution in [0.15, 0.2) is 18.2 Å². The second kappa shape index (κ2) is 6.42. The Kier molecular flexibility index (Phi) is 5.05. The standard InChI is InChI=1S/C16H24ClFN2/c1-20(2)16(9-5-3-4-6-10-16)15(19)13-11-12(18)7-8-14(13)17/h7-8,11,15H,3-6,9-10,19H2,1-2H3. The van der Waals surface area contributed by atoms with Crippen LogP contribution < -0.4 is 5.73 Å². The molecule has 4 heteroatoms. The van der Waals surface area contributed by atoms with Gasteiger partial charge in [-0.15, -0.1) is 0 Å². The van der Waals surface area contributed by atoms with Gasteiger partial charge in [-0.25, -0.2) is 4.39 Å². The lowest BCUT2D eigenvalue weighted by atomic mass is 9.78. The molecule has 0 aromatic heterocycles. The summed E-state index contributed by atoms with van der Waals surface area (Å²) in [6.45, 7) is 0. The summed E-state index contributed by atoms with van der Waals surface area (Å²) in [4.78, 5) is 2.21. The Hall–Kier alpha value is -0.640. The first-order chi connectivity index (χ1) is 9.47. The van der Waals surface area contributed by atoms with E-state index >= 15 is 0 Å². The molecule has 1 aliphatic carbocycles. The van der Waals surface area contributed by atoms with Gasteiger partial charge in [-0.3, -0.25) is 0 Å². The van der Waals surface area contributed by atoms with Crippen LogP contribution in [0, 0.1) is 5.82 Å². The SMILES string of the molecule is CN(C)C1(C(N)c2cc(F)ccc2Cl)CCCCCC1. The molecule has 1 aromatic carbocycles. The molecule has 0 spiro atoms. The van der Waals surface area contributed by atoms with E-state index < -0.39 is 0 Å². The average molecular weight is 299 g/mol. The first kappa shape index (κ1) is 15.7. The molecule has 1 aliphatic rings. The highest BCUT2D eigenvalue weighted by atomic mass is 35.5. The summed E-state index contributed by atoms with van der Waals surface area (Å²) in [5.74, 6) is -0.276. The quantitative estimate of drug-likeness (QED) is 0.850. The largest absolute Gasteiger partial charge is 0.322 e. The van der Waals surface area contributed by atoms with Crippen LogP contribution in [0.5, 0.6) is 0 Å². The number of benzene rings is 1. The number of likely N-dealkylation sites (N-methyl/N-ethyl adjacent to an activating group) is 1. The van der Waals surface area contributed by atoms with Crippen molar-refractivity contribution in [2.75, 3.05) is 14.1 Å². The molecule has 0 saturated heterocycles. The van der Waals surface area contributed by atoms with Gasteiger partial charge in [0.15, 0.2) is 0 Å². The normalized spacial score (nSPS) is 20.7. The lowest BCUT2D eigenvalue weighted by Gasteiger charge is -2.44. The third kappa shape index (κ3) is 3.00. The molecule has 2 nitrogen and oxygen atoms in total. The molecule has 1 saturated carbocycles. The zero-order chi connectivity index (χ0) is 14.8. The molecule has 0 radical (unpaired) electrons. The second-order valence-electron chi connectivity index (χ2n) is 6.06. The molecule has 2 rings (SSSR count). The Morgan fingerprint density at radius 1 is 1.20 bits per heavy atom. The Balaban J connectivity index is 2.40. The minimum atomic E-state index is -0.276. The summed E-state index contributed by atoms with van der Waals surface area (Å²) in [5.41, 5.74) is 7.15. The first-order valence-corrected chi connectivity index (χ1v) is 7.73. The van der Waals surface area contributed by atoms with Crippen LogP contribution in [-0.2, 0) is 0 Å². The minimum Gasteiger partial charge on any atom is -0.322 e. The summed E-state index contributed by atoms with van der Waals surface area (Å²) >= 11 is 6.25. The van der Waals surface area contributed by atoms with Crippen LogP contribution in [0.3, 0.4) is 0 Å². The van der Waals surface area contributed by atoms with Gasteiger partial charge in [0.2, 0.25) is 0 Å². The lowest BCUT2D eigenvalue weighted by molar-refractivity contribution is 0.0968. The van der Waals surface area contributed by atoms with E-state index in [0.717, 1.165) is 18.4 Å². The number of halogens is 2. The summed E-state index contributed by atoms with van der Waals surface area (Å²) in [6.07, 6.45) is 6.90. The van der Waals surface area contributed by atoms with Crippen LogP contribution in [-0.4, -0.2) is 24.5 Å². The van der Waals surface area contributed by atoms with E-state index in [-0.39, 0.29) is 17.4 Å². The molecule has 0 bridgehead atoms. The third-order valence-electron chi connectivity index (χ3n) is 4.73. The van der Waals surface area contributed by atoms with Gasteiger partial charge in [-0.1, -0.05) is 37.3 Å². The van der Waals surface area contributed by atoms with E-state index in [0.29, 0.717) is 5.02 Å². The second-order valence-corrected chi connectivity index (χ2v) is 6.46. The van der Waals surface area contributed by atoms with Gasteiger partial charge in [0.05, 0.1) is 0 Å². The fourth-order valence-corrected chi connectivity index (χ4v) is 3.65. The van der Waals surface area contributed by atoms with Crippen molar-refractivity contribution in [3.8, 4) is 0 Å². The fraction of sp³-hybridized carbons (Fsp3) is 0.625. The molecule has 0 aliphatic heterocycles. The van der Waals surface area contributed by atoms with Crippen molar-refractivity contribution in [2.24, 2.45) is 5.73 Å². The summed E-state index contributed by atoms with van der Waals surface area (Å²) in [5, 5.41) is 0.560. The van der Waals surface area contributed by atoms with E-state index in [9.17, 15) is 4.39 Å². The molecule has 0 amide bonds.